The molecule has 1 rings (SSSR count). The number of nitrogens with one attached hydrogen (secondary N) is 1. The molecule has 0 aliphatic rings. The maximum atomic E-state index is 13.6. The second-order valence-electron chi connectivity index (χ2n) is 4.48. The maximum absolute atomic E-state index is 13.6. The van der Waals surface area contributed by atoms with Gasteiger partial charge in [0, 0.05) is 4.47 Å². The first-order valence-corrected chi connectivity index (χ1v) is 7.03. The third kappa shape index (κ3) is 4.03. The Morgan fingerprint density at radius 3 is 2.65 bits per heavy atom. The van der Waals surface area contributed by atoms with E-state index >= 15 is 0 Å². The Labute approximate surface area is 125 Å². The molecule has 0 saturated heterocycles. The van der Waals surface area contributed by atoms with Crippen LogP contribution in [0.4, 0.5) is 4.39 Å². The van der Waals surface area contributed by atoms with Gasteiger partial charge in [0.05, 0.1) is 12.7 Å². The molecule has 6 heteroatoms. The zero-order chi connectivity index (χ0) is 15.3. The smallest absolute Gasteiger partial charge is 0.328 e. The summed E-state index contributed by atoms with van der Waals surface area (Å²) < 4.78 is 18.9. The molecule has 1 amide bonds. The van der Waals surface area contributed by atoms with Gasteiger partial charge in [-0.1, -0.05) is 36.2 Å². The van der Waals surface area contributed by atoms with Gasteiger partial charge in [-0.3, -0.25) is 4.79 Å². The number of hydrogen-bond donors (Lipinski definition) is 1. The number of methoxy groups -OCH3 is 1. The van der Waals surface area contributed by atoms with E-state index in [4.69, 9.17) is 0 Å². The topological polar surface area (TPSA) is 55.4 Å². The lowest BCUT2D eigenvalue weighted by Gasteiger charge is -2.22. The fourth-order valence-corrected chi connectivity index (χ4v) is 2.05. The molecule has 0 fully saturated rings. The molecule has 0 aromatic heterocycles. The van der Waals surface area contributed by atoms with Crippen molar-refractivity contribution in [2.75, 3.05) is 7.11 Å². The molecule has 0 spiro atoms. The molecule has 0 saturated carbocycles. The Bertz CT molecular complexity index is 507. The largest absolute Gasteiger partial charge is 0.467 e. The number of amides is 1. The zero-order valence-electron chi connectivity index (χ0n) is 11.6. The lowest BCUT2D eigenvalue weighted by Crippen LogP contribution is -2.45. The minimum atomic E-state index is -0.795. The summed E-state index contributed by atoms with van der Waals surface area (Å²) in [5, 5.41) is 2.53. The van der Waals surface area contributed by atoms with Crippen LogP contribution in [0.15, 0.2) is 22.7 Å². The quantitative estimate of drug-likeness (QED) is 0.834. The van der Waals surface area contributed by atoms with Gasteiger partial charge in [0.25, 0.3) is 5.91 Å². The molecule has 2 unspecified atom stereocenters. The predicted molar refractivity (Wildman–Crippen MR) is 76.8 cm³/mol. The first kappa shape index (κ1) is 16.6. The Balaban J connectivity index is 2.96. The summed E-state index contributed by atoms with van der Waals surface area (Å²) in [6, 6.07) is 3.26. The molecule has 20 heavy (non-hydrogen) atoms. The van der Waals surface area contributed by atoms with Crippen molar-refractivity contribution in [3.8, 4) is 0 Å². The highest BCUT2D eigenvalue weighted by Crippen LogP contribution is 2.17. The fourth-order valence-electron chi connectivity index (χ4n) is 1.69. The number of halogens is 2. The normalized spacial score (nSPS) is 13.4. The molecular weight excluding hydrogens is 329 g/mol. The number of hydrogen-bond acceptors (Lipinski definition) is 3. The summed E-state index contributed by atoms with van der Waals surface area (Å²) in [7, 11) is 1.25. The Kier molecular flexibility index (Phi) is 6.13. The molecule has 2 atom stereocenters. The number of esters is 1. The molecule has 1 aromatic rings. The standard InChI is InChI=1S/C14H17BrFNO3/c1-4-8(2)12(14(19)20-3)17-13(18)10-7-9(15)5-6-11(10)16/h5-8,12H,4H2,1-3H3,(H,17,18). The number of benzene rings is 1. The lowest BCUT2D eigenvalue weighted by atomic mass is 9.99. The van der Waals surface area contributed by atoms with Gasteiger partial charge in [0.15, 0.2) is 0 Å². The third-order valence-electron chi connectivity index (χ3n) is 3.13. The van der Waals surface area contributed by atoms with Gasteiger partial charge in [-0.2, -0.15) is 0 Å². The van der Waals surface area contributed by atoms with E-state index < -0.39 is 23.7 Å². The number of rotatable bonds is 5. The first-order chi connectivity index (χ1) is 9.40. The monoisotopic (exact) mass is 345 g/mol. The highest BCUT2D eigenvalue weighted by Gasteiger charge is 2.27. The third-order valence-corrected chi connectivity index (χ3v) is 3.62. The second-order valence-corrected chi connectivity index (χ2v) is 5.40. The van der Waals surface area contributed by atoms with Crippen LogP contribution >= 0.6 is 15.9 Å². The van der Waals surface area contributed by atoms with Crippen molar-refractivity contribution in [2.24, 2.45) is 5.92 Å². The average molecular weight is 346 g/mol. The van der Waals surface area contributed by atoms with Crippen molar-refractivity contribution in [3.05, 3.63) is 34.1 Å². The van der Waals surface area contributed by atoms with Crippen LogP contribution in [0.1, 0.15) is 30.6 Å². The summed E-state index contributed by atoms with van der Waals surface area (Å²) in [4.78, 5) is 23.8. The molecule has 0 bridgehead atoms. The van der Waals surface area contributed by atoms with Crippen LogP contribution in [0.25, 0.3) is 0 Å². The van der Waals surface area contributed by atoms with Crippen molar-refractivity contribution < 1.29 is 18.7 Å². The van der Waals surface area contributed by atoms with Crippen LogP contribution in [0, 0.1) is 11.7 Å². The van der Waals surface area contributed by atoms with Crippen molar-refractivity contribution in [3.63, 3.8) is 0 Å². The average Bonchev–Trinajstić information content (AvgIpc) is 2.45. The molecule has 0 radical (unpaired) electrons. The van der Waals surface area contributed by atoms with E-state index in [2.05, 4.69) is 26.0 Å². The van der Waals surface area contributed by atoms with Gasteiger partial charge < -0.3 is 10.1 Å². The van der Waals surface area contributed by atoms with Gasteiger partial charge in [-0.05, 0) is 24.1 Å². The molecule has 1 N–H and O–H groups in total. The van der Waals surface area contributed by atoms with E-state index in [1.54, 1.807) is 0 Å². The molecule has 0 aliphatic heterocycles. The van der Waals surface area contributed by atoms with E-state index in [1.165, 1.54) is 25.3 Å². The Morgan fingerprint density at radius 1 is 1.45 bits per heavy atom. The highest BCUT2D eigenvalue weighted by molar-refractivity contribution is 9.10. The van der Waals surface area contributed by atoms with Crippen LogP contribution in [-0.4, -0.2) is 25.0 Å². The van der Waals surface area contributed by atoms with Crippen molar-refractivity contribution in [1.29, 1.82) is 0 Å². The summed E-state index contributed by atoms with van der Waals surface area (Å²) in [5.74, 6) is -1.93. The maximum Gasteiger partial charge on any atom is 0.328 e. The number of carbonyl (C=O) groups excluding carboxylic acids is 2. The SMILES string of the molecule is CCC(C)C(NC(=O)c1cc(Br)ccc1F)C(=O)OC. The molecular formula is C14H17BrFNO3. The van der Waals surface area contributed by atoms with Crippen LogP contribution in [0.5, 0.6) is 0 Å². The minimum Gasteiger partial charge on any atom is -0.467 e. The predicted octanol–water partition coefficient (Wildman–Crippen LogP) is 2.91. The summed E-state index contributed by atoms with van der Waals surface area (Å²) in [6.07, 6.45) is 0.682. The van der Waals surface area contributed by atoms with Gasteiger partial charge in [0.1, 0.15) is 11.9 Å². The summed E-state index contributed by atoms with van der Waals surface area (Å²) >= 11 is 3.18. The van der Waals surface area contributed by atoms with Crippen LogP contribution < -0.4 is 5.32 Å². The number of ether oxygens (including phenoxy) is 1. The van der Waals surface area contributed by atoms with Crippen molar-refractivity contribution in [1.82, 2.24) is 5.32 Å². The Morgan fingerprint density at radius 2 is 2.10 bits per heavy atom. The van der Waals surface area contributed by atoms with E-state index in [1.807, 2.05) is 13.8 Å². The number of carbonyl (C=O) groups is 2. The molecule has 1 aromatic carbocycles. The molecule has 110 valence electrons. The minimum absolute atomic E-state index is 0.110. The van der Waals surface area contributed by atoms with E-state index in [-0.39, 0.29) is 11.5 Å². The van der Waals surface area contributed by atoms with Gasteiger partial charge in [0.2, 0.25) is 0 Å². The van der Waals surface area contributed by atoms with Gasteiger partial charge in [-0.15, -0.1) is 0 Å². The second kappa shape index (κ2) is 7.38. The van der Waals surface area contributed by atoms with Gasteiger partial charge >= 0.3 is 5.97 Å². The lowest BCUT2D eigenvalue weighted by molar-refractivity contribution is -0.144. The van der Waals surface area contributed by atoms with Crippen molar-refractivity contribution in [2.45, 2.75) is 26.3 Å². The zero-order valence-corrected chi connectivity index (χ0v) is 13.2. The van der Waals surface area contributed by atoms with Crippen LogP contribution in [0.2, 0.25) is 0 Å². The molecule has 4 nitrogen and oxygen atoms in total. The summed E-state index contributed by atoms with van der Waals surface area (Å²) in [6.45, 7) is 3.71. The van der Waals surface area contributed by atoms with Crippen molar-refractivity contribution >= 4 is 27.8 Å². The summed E-state index contributed by atoms with van der Waals surface area (Å²) in [5.41, 5.74) is -0.114. The van der Waals surface area contributed by atoms with Crippen LogP contribution in [0.3, 0.4) is 0 Å². The van der Waals surface area contributed by atoms with E-state index in [9.17, 15) is 14.0 Å². The van der Waals surface area contributed by atoms with Crippen LogP contribution in [-0.2, 0) is 9.53 Å². The highest BCUT2D eigenvalue weighted by atomic mass is 79.9. The molecule has 0 heterocycles. The van der Waals surface area contributed by atoms with E-state index in [0.717, 1.165) is 0 Å². The van der Waals surface area contributed by atoms with Gasteiger partial charge in [-0.25, -0.2) is 9.18 Å². The first-order valence-electron chi connectivity index (χ1n) is 6.24. The molecule has 0 aliphatic carbocycles. The Hall–Kier alpha value is -1.43. The van der Waals surface area contributed by atoms with E-state index in [0.29, 0.717) is 10.9 Å². The fraction of sp³-hybridized carbons (Fsp3) is 0.429.